The van der Waals surface area contributed by atoms with E-state index < -0.39 is 14.6 Å². The summed E-state index contributed by atoms with van der Waals surface area (Å²) in [7, 11) is -4.88. The number of thiophene rings is 1. The highest BCUT2D eigenvalue weighted by molar-refractivity contribution is 7.44. The fourth-order valence-electron chi connectivity index (χ4n) is 2.93. The van der Waals surface area contributed by atoms with E-state index in [-0.39, 0.29) is 5.82 Å². The summed E-state index contributed by atoms with van der Waals surface area (Å²) in [6, 6.07) is 12.5. The van der Waals surface area contributed by atoms with Crippen LogP contribution in [0.25, 0.3) is 11.3 Å². The molecule has 0 saturated heterocycles. The van der Waals surface area contributed by atoms with Gasteiger partial charge in [-0.15, -0.1) is 11.3 Å². The van der Waals surface area contributed by atoms with Gasteiger partial charge in [0.15, 0.2) is 12.5 Å². The van der Waals surface area contributed by atoms with Crippen molar-refractivity contribution in [1.29, 1.82) is 0 Å². The lowest BCUT2D eigenvalue weighted by Crippen LogP contribution is -2.38. The van der Waals surface area contributed by atoms with Crippen LogP contribution < -0.4 is 19.9 Å². The van der Waals surface area contributed by atoms with E-state index in [2.05, 4.69) is 14.7 Å². The lowest BCUT2D eigenvalue weighted by molar-refractivity contribution is -0.712. The number of nitrogens with two attached hydrogens (primary N) is 1. The minimum atomic E-state index is -4.88. The van der Waals surface area contributed by atoms with E-state index in [0.29, 0.717) is 40.3 Å². The van der Waals surface area contributed by atoms with Crippen LogP contribution >= 0.6 is 30.8 Å². The van der Waals surface area contributed by atoms with Crippen molar-refractivity contribution < 1.29 is 32.7 Å². The first-order valence-electron chi connectivity index (χ1n) is 9.51. The SMILES string of the molecule is Nc1c(-c2cc(Cc3ccc(OCc4ccc(Cl)s4)nc3)no2)ccc[n+]1COP(=O)([O-])O. The second-order valence-corrected chi connectivity index (χ2v) is 9.86. The van der Waals surface area contributed by atoms with E-state index in [1.165, 1.54) is 22.1 Å². The Kier molecular flexibility index (Phi) is 7.08. The van der Waals surface area contributed by atoms with Gasteiger partial charge in [0, 0.05) is 29.6 Å². The molecule has 0 fully saturated rings. The second kappa shape index (κ2) is 10.0. The predicted molar refractivity (Wildman–Crippen MR) is 118 cm³/mol. The number of phosphoric ester groups is 1. The Morgan fingerprint density at radius 2 is 2.15 bits per heavy atom. The fraction of sp³-hybridized carbons (Fsp3) is 0.150. The van der Waals surface area contributed by atoms with E-state index in [0.717, 1.165) is 10.4 Å². The number of anilines is 1. The van der Waals surface area contributed by atoms with Crippen molar-refractivity contribution in [2.24, 2.45) is 0 Å². The Hall–Kier alpha value is -2.79. The minimum Gasteiger partial charge on any atom is -0.756 e. The van der Waals surface area contributed by atoms with Crippen LogP contribution in [0.1, 0.15) is 16.1 Å². The van der Waals surface area contributed by atoms with Crippen LogP contribution in [0.3, 0.4) is 0 Å². The van der Waals surface area contributed by atoms with Crippen molar-refractivity contribution >= 4 is 36.6 Å². The number of aromatic nitrogens is 3. The topological polar surface area (TPSA) is 148 Å². The summed E-state index contributed by atoms with van der Waals surface area (Å²) in [5, 5.41) is 4.07. The maximum absolute atomic E-state index is 10.8. The highest BCUT2D eigenvalue weighted by Gasteiger charge is 2.18. The van der Waals surface area contributed by atoms with Gasteiger partial charge in [0.05, 0.1) is 16.2 Å². The predicted octanol–water partition coefficient (Wildman–Crippen LogP) is 2.93. The summed E-state index contributed by atoms with van der Waals surface area (Å²) in [6.07, 6.45) is 3.68. The van der Waals surface area contributed by atoms with Crippen LogP contribution in [0.4, 0.5) is 5.82 Å². The summed E-state index contributed by atoms with van der Waals surface area (Å²) in [4.78, 5) is 24.9. The largest absolute Gasteiger partial charge is 0.756 e. The van der Waals surface area contributed by atoms with E-state index in [1.54, 1.807) is 30.5 Å². The van der Waals surface area contributed by atoms with E-state index in [4.69, 9.17) is 31.5 Å². The lowest BCUT2D eigenvalue weighted by atomic mass is 10.1. The molecule has 33 heavy (non-hydrogen) atoms. The molecule has 1 atom stereocenters. The molecule has 10 nitrogen and oxygen atoms in total. The van der Waals surface area contributed by atoms with Crippen molar-refractivity contribution in [3.63, 3.8) is 0 Å². The molecular weight excluding hydrogens is 491 g/mol. The van der Waals surface area contributed by atoms with Crippen molar-refractivity contribution in [1.82, 2.24) is 10.1 Å². The molecule has 0 aromatic carbocycles. The minimum absolute atomic E-state index is 0.184. The first-order chi connectivity index (χ1) is 15.8. The number of hydrogen-bond acceptors (Lipinski definition) is 9. The smallest absolute Gasteiger partial charge is 0.285 e. The molecule has 3 N–H and O–H groups in total. The van der Waals surface area contributed by atoms with Crippen LogP contribution in [-0.4, -0.2) is 15.0 Å². The first-order valence-corrected chi connectivity index (χ1v) is 12.2. The average Bonchev–Trinajstić information content (AvgIpc) is 3.41. The van der Waals surface area contributed by atoms with Crippen molar-refractivity contribution in [2.75, 3.05) is 5.73 Å². The zero-order valence-electron chi connectivity index (χ0n) is 17.0. The molecule has 0 aliphatic carbocycles. The third-order valence-corrected chi connectivity index (χ3v) is 6.12. The van der Waals surface area contributed by atoms with Crippen LogP contribution in [0, 0.1) is 0 Å². The molecule has 4 aromatic rings. The fourth-order valence-corrected chi connectivity index (χ4v) is 4.20. The molecule has 0 aliphatic rings. The molecular formula is C20H18ClN4O6PS. The van der Waals surface area contributed by atoms with Gasteiger partial charge >= 0.3 is 0 Å². The number of hydrogen-bond donors (Lipinski definition) is 2. The molecule has 4 aromatic heterocycles. The van der Waals surface area contributed by atoms with Gasteiger partial charge in [0.1, 0.15) is 12.2 Å². The Balaban J connectivity index is 1.40. The Labute approximate surface area is 197 Å². The highest BCUT2D eigenvalue weighted by Crippen LogP contribution is 2.30. The molecule has 4 heterocycles. The molecule has 0 amide bonds. The van der Waals surface area contributed by atoms with E-state index in [9.17, 15) is 9.46 Å². The van der Waals surface area contributed by atoms with E-state index >= 15 is 0 Å². The Morgan fingerprint density at radius 3 is 2.85 bits per heavy atom. The normalized spacial score (nSPS) is 13.1. The number of nitrogens with zero attached hydrogens (tertiary/aromatic N) is 3. The maximum Gasteiger partial charge on any atom is 0.285 e. The van der Waals surface area contributed by atoms with Gasteiger partial charge in [-0.25, -0.2) is 9.55 Å². The zero-order chi connectivity index (χ0) is 23.4. The number of ether oxygens (including phenoxy) is 1. The summed E-state index contributed by atoms with van der Waals surface area (Å²) in [6.45, 7) is -0.0812. The quantitative estimate of drug-likeness (QED) is 0.257. The van der Waals surface area contributed by atoms with Gasteiger partial charge in [-0.3, -0.25) is 14.8 Å². The Bertz CT molecular complexity index is 1290. The molecule has 1 unspecified atom stereocenters. The van der Waals surface area contributed by atoms with Gasteiger partial charge in [-0.2, -0.15) is 0 Å². The summed E-state index contributed by atoms with van der Waals surface area (Å²) in [5.74, 6) is 1.08. The molecule has 0 aliphatic heterocycles. The number of rotatable bonds is 9. The molecule has 4 rings (SSSR count). The van der Waals surface area contributed by atoms with Gasteiger partial charge in [0.25, 0.3) is 13.6 Å². The monoisotopic (exact) mass is 508 g/mol. The summed E-state index contributed by atoms with van der Waals surface area (Å²) < 4.78 is 28.3. The second-order valence-electron chi connectivity index (χ2n) is 6.86. The van der Waals surface area contributed by atoms with Crippen LogP contribution in [0.5, 0.6) is 5.88 Å². The molecule has 13 heteroatoms. The average molecular weight is 509 g/mol. The molecule has 0 saturated carbocycles. The van der Waals surface area contributed by atoms with Crippen LogP contribution in [0.2, 0.25) is 4.34 Å². The number of halogens is 1. The van der Waals surface area contributed by atoms with Gasteiger partial charge < -0.3 is 19.0 Å². The van der Waals surface area contributed by atoms with Crippen molar-refractivity contribution in [2.45, 2.75) is 19.8 Å². The first kappa shape index (κ1) is 23.4. The summed E-state index contributed by atoms with van der Waals surface area (Å²) in [5.41, 5.74) is 8.14. The van der Waals surface area contributed by atoms with Crippen molar-refractivity contribution in [3.05, 3.63) is 75.3 Å². The van der Waals surface area contributed by atoms with E-state index in [1.807, 2.05) is 18.2 Å². The number of nitrogen functional groups attached to an aromatic ring is 1. The molecule has 0 radical (unpaired) electrons. The third kappa shape index (κ3) is 6.38. The number of pyridine rings is 2. The van der Waals surface area contributed by atoms with Gasteiger partial charge in [-0.05, 0) is 29.8 Å². The molecule has 172 valence electrons. The standard InChI is InChI=1S/C20H18ClN4O6PS/c21-18-5-4-15(33-18)11-29-19-6-3-13(10-23-19)8-14-9-17(31-24-14)16-2-1-7-25(20(16)22)12-30-32(26,27)28/h1-7,9-10,22H,8,11-12H2,(H2,26,27,28). The Morgan fingerprint density at radius 1 is 1.30 bits per heavy atom. The van der Waals surface area contributed by atoms with Crippen molar-refractivity contribution in [3.8, 4) is 17.2 Å². The highest BCUT2D eigenvalue weighted by atomic mass is 35.5. The lowest BCUT2D eigenvalue weighted by Gasteiger charge is -2.14. The number of phosphoric acid groups is 1. The third-order valence-electron chi connectivity index (χ3n) is 4.47. The van der Waals surface area contributed by atoms with Crippen LogP contribution in [0.15, 0.2) is 59.4 Å². The summed E-state index contributed by atoms with van der Waals surface area (Å²) >= 11 is 7.37. The van der Waals surface area contributed by atoms with Gasteiger partial charge in [0.2, 0.25) is 5.88 Å². The maximum atomic E-state index is 10.8. The molecule has 0 bridgehead atoms. The van der Waals surface area contributed by atoms with Crippen LogP contribution in [-0.2, 0) is 28.8 Å². The molecule has 0 spiro atoms. The zero-order valence-corrected chi connectivity index (χ0v) is 19.4. The van der Waals surface area contributed by atoms with Gasteiger partial charge in [-0.1, -0.05) is 22.8 Å².